The van der Waals surface area contributed by atoms with Crippen molar-refractivity contribution in [3.8, 4) is 0 Å². The smallest absolute Gasteiger partial charge is 0.0969 e. The number of nitrogens with zero attached hydrogens (tertiary/aromatic N) is 2. The van der Waals surface area contributed by atoms with Gasteiger partial charge in [-0.15, -0.1) is 0 Å². The van der Waals surface area contributed by atoms with E-state index in [1.165, 1.54) is 0 Å². The molecule has 0 bridgehead atoms. The van der Waals surface area contributed by atoms with Crippen molar-refractivity contribution in [3.05, 3.63) is 16.4 Å². The number of ether oxygens (including phenoxy) is 1. The van der Waals surface area contributed by atoms with E-state index >= 15 is 0 Å². The lowest BCUT2D eigenvalue weighted by Gasteiger charge is -2.18. The Morgan fingerprint density at radius 2 is 2.06 bits per heavy atom. The molecule has 1 rings (SSSR count). The summed E-state index contributed by atoms with van der Waals surface area (Å²) in [6.45, 7) is 6.10. The zero-order valence-corrected chi connectivity index (χ0v) is 12.4. The molecule has 0 aliphatic rings. The molecule has 0 saturated heterocycles. The van der Waals surface area contributed by atoms with Crippen LogP contribution in [0.3, 0.4) is 0 Å². The summed E-state index contributed by atoms with van der Waals surface area (Å²) in [7, 11) is 1.69. The quantitative estimate of drug-likeness (QED) is 0.878. The molecule has 0 aliphatic carbocycles. The van der Waals surface area contributed by atoms with Crippen molar-refractivity contribution >= 4 is 15.9 Å². The van der Waals surface area contributed by atoms with E-state index in [-0.39, 0.29) is 12.1 Å². The molecule has 4 nitrogen and oxygen atoms in total. The Morgan fingerprint density at radius 3 is 2.59 bits per heavy atom. The summed E-state index contributed by atoms with van der Waals surface area (Å²) in [5.74, 6) is 0. The van der Waals surface area contributed by atoms with Crippen LogP contribution in [0.2, 0.25) is 0 Å². The van der Waals surface area contributed by atoms with Gasteiger partial charge in [0.1, 0.15) is 0 Å². The van der Waals surface area contributed by atoms with Crippen molar-refractivity contribution in [2.24, 2.45) is 0 Å². The molecule has 0 aliphatic heterocycles. The third kappa shape index (κ3) is 3.79. The van der Waals surface area contributed by atoms with E-state index in [4.69, 9.17) is 4.74 Å². The highest BCUT2D eigenvalue weighted by atomic mass is 79.9. The first-order valence-corrected chi connectivity index (χ1v) is 6.70. The van der Waals surface area contributed by atoms with Crippen LogP contribution in [0, 0.1) is 0 Å². The Balaban J connectivity index is 2.74. The number of hydrogen-bond donors (Lipinski definition) is 1. The van der Waals surface area contributed by atoms with E-state index in [2.05, 4.69) is 21.0 Å². The normalized spacial score (nSPS) is 15.2. The van der Waals surface area contributed by atoms with Crippen LogP contribution in [0.25, 0.3) is 0 Å². The molecule has 17 heavy (non-hydrogen) atoms. The second kappa shape index (κ2) is 6.52. The number of aromatic nitrogens is 2. The summed E-state index contributed by atoms with van der Waals surface area (Å²) in [6.07, 6.45) is 2.89. The summed E-state index contributed by atoms with van der Waals surface area (Å²) in [4.78, 5) is 0. The molecule has 0 fully saturated rings. The maximum Gasteiger partial charge on any atom is 0.0969 e. The lowest BCUT2D eigenvalue weighted by Crippen LogP contribution is -2.14. The molecule has 0 aromatic carbocycles. The second-order valence-electron chi connectivity index (χ2n) is 4.56. The van der Waals surface area contributed by atoms with Gasteiger partial charge in [0, 0.05) is 13.2 Å². The van der Waals surface area contributed by atoms with Gasteiger partial charge in [-0.2, -0.15) is 5.10 Å². The Hall–Kier alpha value is -0.390. The van der Waals surface area contributed by atoms with Crippen LogP contribution in [-0.2, 0) is 4.74 Å². The van der Waals surface area contributed by atoms with Crippen LogP contribution in [-0.4, -0.2) is 28.1 Å². The third-order valence-corrected chi connectivity index (χ3v) is 3.45. The monoisotopic (exact) mass is 304 g/mol. The Kier molecular flexibility index (Phi) is 5.62. The largest absolute Gasteiger partial charge is 0.387 e. The van der Waals surface area contributed by atoms with E-state index in [1.54, 1.807) is 13.3 Å². The average Bonchev–Trinajstić information content (AvgIpc) is 2.67. The molecule has 2 atom stereocenters. The minimum absolute atomic E-state index is 0.166. The predicted molar refractivity (Wildman–Crippen MR) is 71.0 cm³/mol. The summed E-state index contributed by atoms with van der Waals surface area (Å²) < 4.78 is 7.90. The number of methoxy groups -OCH3 is 1. The lowest BCUT2D eigenvalue weighted by atomic mass is 10.1. The van der Waals surface area contributed by atoms with Gasteiger partial charge in [-0.1, -0.05) is 0 Å². The van der Waals surface area contributed by atoms with Gasteiger partial charge in [-0.25, -0.2) is 0 Å². The van der Waals surface area contributed by atoms with Crippen molar-refractivity contribution in [3.63, 3.8) is 0 Å². The summed E-state index contributed by atoms with van der Waals surface area (Å²) in [5, 5.41) is 14.5. The molecule has 1 heterocycles. The van der Waals surface area contributed by atoms with Crippen LogP contribution in [0.5, 0.6) is 0 Å². The number of hydrogen-bond acceptors (Lipinski definition) is 3. The number of aliphatic hydroxyl groups is 1. The van der Waals surface area contributed by atoms with Crippen LogP contribution < -0.4 is 0 Å². The van der Waals surface area contributed by atoms with Gasteiger partial charge in [-0.05, 0) is 49.5 Å². The van der Waals surface area contributed by atoms with Gasteiger partial charge in [0.05, 0.1) is 28.6 Å². The van der Waals surface area contributed by atoms with Crippen molar-refractivity contribution < 1.29 is 9.84 Å². The maximum atomic E-state index is 10.2. The van der Waals surface area contributed by atoms with Gasteiger partial charge >= 0.3 is 0 Å². The zero-order valence-electron chi connectivity index (χ0n) is 10.9. The molecular formula is C12H21BrN2O2. The van der Waals surface area contributed by atoms with Crippen molar-refractivity contribution in [2.75, 3.05) is 7.11 Å². The topological polar surface area (TPSA) is 47.3 Å². The molecule has 1 aromatic heterocycles. The van der Waals surface area contributed by atoms with Crippen LogP contribution >= 0.6 is 15.9 Å². The maximum absolute atomic E-state index is 10.2. The molecule has 2 unspecified atom stereocenters. The van der Waals surface area contributed by atoms with Crippen molar-refractivity contribution in [1.82, 2.24) is 9.78 Å². The molecule has 0 radical (unpaired) electrons. The Morgan fingerprint density at radius 1 is 1.41 bits per heavy atom. The van der Waals surface area contributed by atoms with E-state index in [1.807, 2.05) is 25.5 Å². The molecule has 98 valence electrons. The number of aliphatic hydroxyl groups excluding tert-OH is 1. The molecule has 1 aromatic rings. The van der Waals surface area contributed by atoms with Crippen LogP contribution in [0.4, 0.5) is 0 Å². The van der Waals surface area contributed by atoms with E-state index in [0.29, 0.717) is 6.42 Å². The predicted octanol–water partition coefficient (Wildman–Crippen LogP) is 3.08. The fourth-order valence-electron chi connectivity index (χ4n) is 1.72. The zero-order chi connectivity index (χ0) is 13.0. The van der Waals surface area contributed by atoms with Gasteiger partial charge in [0.15, 0.2) is 0 Å². The van der Waals surface area contributed by atoms with Crippen molar-refractivity contribution in [1.29, 1.82) is 0 Å². The minimum atomic E-state index is -0.508. The molecule has 0 saturated carbocycles. The van der Waals surface area contributed by atoms with Gasteiger partial charge in [0.25, 0.3) is 0 Å². The first kappa shape index (κ1) is 14.7. The summed E-state index contributed by atoms with van der Waals surface area (Å²) in [5.41, 5.74) is 0.850. The first-order chi connectivity index (χ1) is 7.97. The van der Waals surface area contributed by atoms with Crippen LogP contribution in [0.1, 0.15) is 51.5 Å². The molecule has 5 heteroatoms. The molecule has 0 spiro atoms. The highest BCUT2D eigenvalue weighted by molar-refractivity contribution is 9.10. The van der Waals surface area contributed by atoms with E-state index < -0.39 is 6.10 Å². The number of halogens is 1. The van der Waals surface area contributed by atoms with Crippen LogP contribution in [0.15, 0.2) is 10.7 Å². The lowest BCUT2D eigenvalue weighted by molar-refractivity contribution is 0.0818. The highest BCUT2D eigenvalue weighted by Crippen LogP contribution is 2.29. The highest BCUT2D eigenvalue weighted by Gasteiger charge is 2.19. The first-order valence-electron chi connectivity index (χ1n) is 5.91. The fraction of sp³-hybridized carbons (Fsp3) is 0.750. The standard InChI is InChI=1S/C12H21BrN2O2/c1-8(2)15-12(10(13)7-14-15)11(16)6-5-9(3)17-4/h7-9,11,16H,5-6H2,1-4H3. The van der Waals surface area contributed by atoms with Crippen molar-refractivity contribution in [2.45, 2.75) is 51.9 Å². The Labute approximate surface area is 111 Å². The van der Waals surface area contributed by atoms with Gasteiger partial charge < -0.3 is 9.84 Å². The third-order valence-electron chi connectivity index (χ3n) is 2.84. The van der Waals surface area contributed by atoms with Gasteiger partial charge in [0.2, 0.25) is 0 Å². The Bertz CT molecular complexity index is 352. The SMILES string of the molecule is COC(C)CCC(O)c1c(Br)cnn1C(C)C. The average molecular weight is 305 g/mol. The van der Waals surface area contributed by atoms with Gasteiger partial charge in [-0.3, -0.25) is 4.68 Å². The van der Waals surface area contributed by atoms with E-state index in [0.717, 1.165) is 16.6 Å². The second-order valence-corrected chi connectivity index (χ2v) is 5.41. The number of rotatable bonds is 6. The molecule has 1 N–H and O–H groups in total. The molecular weight excluding hydrogens is 284 g/mol. The summed E-state index contributed by atoms with van der Waals surface area (Å²) in [6, 6.07) is 0.241. The van der Waals surface area contributed by atoms with E-state index in [9.17, 15) is 5.11 Å². The fourth-order valence-corrected chi connectivity index (χ4v) is 2.26. The summed E-state index contributed by atoms with van der Waals surface area (Å²) >= 11 is 3.44. The molecule has 0 amide bonds. The minimum Gasteiger partial charge on any atom is -0.387 e.